The summed E-state index contributed by atoms with van der Waals surface area (Å²) in [6, 6.07) is 6.63. The average Bonchev–Trinajstić information content (AvgIpc) is 2.82. The van der Waals surface area contributed by atoms with Gasteiger partial charge in [0, 0.05) is 18.8 Å². The van der Waals surface area contributed by atoms with Crippen molar-refractivity contribution in [3.05, 3.63) is 29.3 Å². The SMILES string of the molecule is CN(C)CCCCNCc1cccc2c1NCC2. The normalized spacial score (nSPS) is 13.7. The van der Waals surface area contributed by atoms with Crippen LogP contribution in [0.1, 0.15) is 24.0 Å². The van der Waals surface area contributed by atoms with Crippen LogP contribution < -0.4 is 10.6 Å². The lowest BCUT2D eigenvalue weighted by molar-refractivity contribution is 0.391. The fraction of sp³-hybridized carbons (Fsp3) is 0.600. The van der Waals surface area contributed by atoms with Gasteiger partial charge in [-0.1, -0.05) is 18.2 Å². The van der Waals surface area contributed by atoms with Crippen LogP contribution in [0.3, 0.4) is 0 Å². The van der Waals surface area contributed by atoms with Crippen molar-refractivity contribution in [2.24, 2.45) is 0 Å². The smallest absolute Gasteiger partial charge is 0.0419 e. The predicted molar refractivity (Wildman–Crippen MR) is 78.1 cm³/mol. The molecule has 2 rings (SSSR count). The van der Waals surface area contributed by atoms with Gasteiger partial charge in [-0.25, -0.2) is 0 Å². The highest BCUT2D eigenvalue weighted by atomic mass is 15.0. The Kier molecular flexibility index (Phi) is 5.02. The number of hydrogen-bond acceptors (Lipinski definition) is 3. The first kappa shape index (κ1) is 13.4. The van der Waals surface area contributed by atoms with Gasteiger partial charge >= 0.3 is 0 Å². The van der Waals surface area contributed by atoms with Crippen LogP contribution in [0.5, 0.6) is 0 Å². The van der Waals surface area contributed by atoms with Crippen molar-refractivity contribution in [3.8, 4) is 0 Å². The van der Waals surface area contributed by atoms with Gasteiger partial charge in [0.25, 0.3) is 0 Å². The Morgan fingerprint density at radius 2 is 2.17 bits per heavy atom. The summed E-state index contributed by atoms with van der Waals surface area (Å²) in [5, 5.41) is 7.04. The van der Waals surface area contributed by atoms with Gasteiger partial charge in [-0.2, -0.15) is 0 Å². The summed E-state index contributed by atoms with van der Waals surface area (Å²) < 4.78 is 0. The minimum absolute atomic E-state index is 0.984. The molecule has 0 saturated carbocycles. The van der Waals surface area contributed by atoms with Gasteiger partial charge in [-0.3, -0.25) is 0 Å². The largest absolute Gasteiger partial charge is 0.384 e. The zero-order chi connectivity index (χ0) is 12.8. The summed E-state index contributed by atoms with van der Waals surface area (Å²) in [6.45, 7) is 4.37. The van der Waals surface area contributed by atoms with E-state index in [2.05, 4.69) is 47.8 Å². The van der Waals surface area contributed by atoms with Crippen LogP contribution >= 0.6 is 0 Å². The third-order valence-electron chi connectivity index (χ3n) is 3.46. The highest BCUT2D eigenvalue weighted by Crippen LogP contribution is 2.26. The second kappa shape index (κ2) is 6.76. The highest BCUT2D eigenvalue weighted by molar-refractivity contribution is 5.61. The van der Waals surface area contributed by atoms with Gasteiger partial charge in [0.05, 0.1) is 0 Å². The Morgan fingerprint density at radius 3 is 3.00 bits per heavy atom. The lowest BCUT2D eigenvalue weighted by atomic mass is 10.1. The van der Waals surface area contributed by atoms with Crippen molar-refractivity contribution in [1.29, 1.82) is 0 Å². The number of fused-ring (bicyclic) bond motifs is 1. The first-order valence-corrected chi connectivity index (χ1v) is 6.97. The molecule has 0 unspecified atom stereocenters. The van der Waals surface area contributed by atoms with Gasteiger partial charge in [-0.05, 0) is 57.6 Å². The zero-order valence-corrected chi connectivity index (χ0v) is 11.6. The number of nitrogens with one attached hydrogen (secondary N) is 2. The molecule has 2 N–H and O–H groups in total. The molecule has 0 radical (unpaired) electrons. The molecule has 3 nitrogen and oxygen atoms in total. The monoisotopic (exact) mass is 247 g/mol. The van der Waals surface area contributed by atoms with Crippen molar-refractivity contribution in [2.75, 3.05) is 39.0 Å². The van der Waals surface area contributed by atoms with Gasteiger partial charge < -0.3 is 15.5 Å². The first-order chi connectivity index (χ1) is 8.77. The molecule has 1 aromatic carbocycles. The Bertz CT molecular complexity index is 374. The molecule has 1 aromatic rings. The summed E-state index contributed by atoms with van der Waals surface area (Å²) in [5.74, 6) is 0. The Hall–Kier alpha value is -1.06. The van der Waals surface area contributed by atoms with E-state index in [0.717, 1.165) is 19.6 Å². The van der Waals surface area contributed by atoms with Crippen LogP contribution in [0, 0.1) is 0 Å². The number of anilines is 1. The highest BCUT2D eigenvalue weighted by Gasteiger charge is 2.12. The number of hydrogen-bond donors (Lipinski definition) is 2. The van der Waals surface area contributed by atoms with E-state index >= 15 is 0 Å². The Labute approximate surface area is 111 Å². The number of nitrogens with zero attached hydrogens (tertiary/aromatic N) is 1. The fourth-order valence-corrected chi connectivity index (χ4v) is 2.46. The third kappa shape index (κ3) is 3.72. The van der Waals surface area contributed by atoms with Crippen molar-refractivity contribution in [1.82, 2.24) is 10.2 Å². The van der Waals surface area contributed by atoms with E-state index in [0.29, 0.717) is 0 Å². The molecule has 0 spiro atoms. The Morgan fingerprint density at radius 1 is 1.28 bits per heavy atom. The molecule has 1 aliphatic rings. The average molecular weight is 247 g/mol. The lowest BCUT2D eigenvalue weighted by Crippen LogP contribution is -2.18. The van der Waals surface area contributed by atoms with E-state index in [9.17, 15) is 0 Å². The minimum atomic E-state index is 0.984. The summed E-state index contributed by atoms with van der Waals surface area (Å²) in [6.07, 6.45) is 3.69. The second-order valence-electron chi connectivity index (χ2n) is 5.32. The summed E-state index contributed by atoms with van der Waals surface area (Å²) in [4.78, 5) is 2.24. The molecule has 0 bridgehead atoms. The van der Waals surface area contributed by atoms with Crippen LogP contribution in [0.15, 0.2) is 18.2 Å². The third-order valence-corrected chi connectivity index (χ3v) is 3.46. The number of rotatable bonds is 7. The van der Waals surface area contributed by atoms with Crippen LogP contribution in [0.25, 0.3) is 0 Å². The maximum absolute atomic E-state index is 3.55. The molecular weight excluding hydrogens is 222 g/mol. The quantitative estimate of drug-likeness (QED) is 0.723. The van der Waals surface area contributed by atoms with Crippen LogP contribution in [0.2, 0.25) is 0 Å². The fourth-order valence-electron chi connectivity index (χ4n) is 2.46. The van der Waals surface area contributed by atoms with Crippen LogP contribution in [-0.2, 0) is 13.0 Å². The van der Waals surface area contributed by atoms with E-state index in [1.165, 1.54) is 42.6 Å². The maximum atomic E-state index is 3.55. The van der Waals surface area contributed by atoms with E-state index in [1.807, 2.05) is 0 Å². The first-order valence-electron chi connectivity index (χ1n) is 6.97. The molecule has 1 aliphatic heterocycles. The van der Waals surface area contributed by atoms with E-state index in [1.54, 1.807) is 0 Å². The summed E-state index contributed by atoms with van der Waals surface area (Å²) in [5.41, 5.74) is 4.26. The van der Waals surface area contributed by atoms with Gasteiger partial charge in [0.1, 0.15) is 0 Å². The molecule has 1 heterocycles. The molecule has 0 fully saturated rings. The predicted octanol–water partition coefficient (Wildman–Crippen LogP) is 2.09. The molecule has 100 valence electrons. The van der Waals surface area contributed by atoms with E-state index in [-0.39, 0.29) is 0 Å². The molecule has 0 amide bonds. The molecule has 0 aromatic heterocycles. The molecular formula is C15H25N3. The second-order valence-corrected chi connectivity index (χ2v) is 5.32. The van der Waals surface area contributed by atoms with E-state index in [4.69, 9.17) is 0 Å². The molecule has 0 atom stereocenters. The van der Waals surface area contributed by atoms with Crippen molar-refractivity contribution >= 4 is 5.69 Å². The van der Waals surface area contributed by atoms with Crippen LogP contribution in [0.4, 0.5) is 5.69 Å². The number of benzene rings is 1. The van der Waals surface area contributed by atoms with Crippen molar-refractivity contribution < 1.29 is 0 Å². The standard InChI is InChI=1S/C15H25N3/c1-18(2)11-4-3-9-16-12-14-7-5-6-13-8-10-17-15(13)14/h5-7,16-17H,3-4,8-12H2,1-2H3. The summed E-state index contributed by atoms with van der Waals surface area (Å²) >= 11 is 0. The molecule has 3 heteroatoms. The van der Waals surface area contributed by atoms with Crippen LogP contribution in [-0.4, -0.2) is 38.6 Å². The Balaban J connectivity index is 1.70. The maximum Gasteiger partial charge on any atom is 0.0419 e. The topological polar surface area (TPSA) is 27.3 Å². The van der Waals surface area contributed by atoms with Crippen molar-refractivity contribution in [3.63, 3.8) is 0 Å². The summed E-state index contributed by atoms with van der Waals surface area (Å²) in [7, 11) is 4.26. The molecule has 18 heavy (non-hydrogen) atoms. The molecule has 0 aliphatic carbocycles. The zero-order valence-electron chi connectivity index (χ0n) is 11.6. The van der Waals surface area contributed by atoms with E-state index < -0.39 is 0 Å². The van der Waals surface area contributed by atoms with Gasteiger partial charge in [0.15, 0.2) is 0 Å². The van der Waals surface area contributed by atoms with Crippen molar-refractivity contribution in [2.45, 2.75) is 25.8 Å². The van der Waals surface area contributed by atoms with Gasteiger partial charge in [0.2, 0.25) is 0 Å². The lowest BCUT2D eigenvalue weighted by Gasteiger charge is -2.11. The molecule has 0 saturated heterocycles. The van der Waals surface area contributed by atoms with Gasteiger partial charge in [-0.15, -0.1) is 0 Å². The minimum Gasteiger partial charge on any atom is -0.384 e. The number of unbranched alkanes of at least 4 members (excludes halogenated alkanes) is 1. The number of para-hydroxylation sites is 1.